The molecule has 2 atom stereocenters. The fraction of sp³-hybridized carbons (Fsp3) is 0.385. The summed E-state index contributed by atoms with van der Waals surface area (Å²) >= 11 is 1.72. The van der Waals surface area contributed by atoms with Crippen molar-refractivity contribution in [2.75, 3.05) is 24.5 Å². The van der Waals surface area contributed by atoms with E-state index in [0.717, 1.165) is 29.4 Å². The Morgan fingerprint density at radius 1 is 1.24 bits per heavy atom. The standard InChI is InChI=1S/C26H26FN3O2S/c1-16-13-28-22(9-19(16)25(31)32)20-10-24-23(11-21(20)27)29(17-5-3-2-4-6-17)14-18-12-26(7-8-26)15-30(18)33-24/h2-6,9-11,16,18H,7-8,12-15H2,1H3,(H,31,32). The number of nitrogens with zero attached hydrogens (tertiary/aromatic N) is 3. The van der Waals surface area contributed by atoms with Gasteiger partial charge in [-0.1, -0.05) is 25.1 Å². The van der Waals surface area contributed by atoms with Gasteiger partial charge < -0.3 is 10.0 Å². The third kappa shape index (κ3) is 3.67. The summed E-state index contributed by atoms with van der Waals surface area (Å²) in [4.78, 5) is 19.4. The topological polar surface area (TPSA) is 56.1 Å². The van der Waals surface area contributed by atoms with Crippen LogP contribution in [0.3, 0.4) is 0 Å². The average Bonchev–Trinajstić information content (AvgIpc) is 3.50. The molecule has 0 radical (unpaired) electrons. The van der Waals surface area contributed by atoms with Gasteiger partial charge in [-0.2, -0.15) is 0 Å². The second-order valence-corrected chi connectivity index (χ2v) is 10.9. The summed E-state index contributed by atoms with van der Waals surface area (Å²) in [7, 11) is 0. The molecular weight excluding hydrogens is 437 g/mol. The number of aliphatic carboxylic acids is 1. The van der Waals surface area contributed by atoms with E-state index in [1.54, 1.807) is 18.0 Å². The molecule has 1 saturated carbocycles. The lowest BCUT2D eigenvalue weighted by molar-refractivity contribution is -0.133. The molecule has 5 nitrogen and oxygen atoms in total. The highest BCUT2D eigenvalue weighted by molar-refractivity contribution is 7.97. The van der Waals surface area contributed by atoms with Crippen LogP contribution in [-0.2, 0) is 4.79 Å². The highest BCUT2D eigenvalue weighted by Gasteiger charge is 2.53. The molecule has 1 N–H and O–H groups in total. The first-order valence-electron chi connectivity index (χ1n) is 11.5. The number of allylic oxidation sites excluding steroid dienone is 1. The van der Waals surface area contributed by atoms with Gasteiger partial charge in [0.1, 0.15) is 5.82 Å². The van der Waals surface area contributed by atoms with Gasteiger partial charge in [0.05, 0.1) is 11.4 Å². The van der Waals surface area contributed by atoms with Crippen LogP contribution in [0.2, 0.25) is 0 Å². The van der Waals surface area contributed by atoms with Crippen molar-refractivity contribution in [3.63, 3.8) is 0 Å². The first-order chi connectivity index (χ1) is 15.9. The van der Waals surface area contributed by atoms with E-state index in [1.807, 2.05) is 31.2 Å². The number of carboxylic acids is 1. The fourth-order valence-electron chi connectivity index (χ4n) is 5.34. The zero-order valence-electron chi connectivity index (χ0n) is 18.5. The van der Waals surface area contributed by atoms with Gasteiger partial charge in [0.15, 0.2) is 0 Å². The predicted octanol–water partition coefficient (Wildman–Crippen LogP) is 5.29. The van der Waals surface area contributed by atoms with E-state index in [2.05, 4.69) is 26.3 Å². The van der Waals surface area contributed by atoms with Crippen molar-refractivity contribution in [1.82, 2.24) is 4.31 Å². The Morgan fingerprint density at radius 2 is 2.03 bits per heavy atom. The summed E-state index contributed by atoms with van der Waals surface area (Å²) in [5.74, 6) is -1.52. The fourth-order valence-corrected chi connectivity index (χ4v) is 6.66. The minimum absolute atomic E-state index is 0.182. The number of rotatable bonds is 3. The normalized spacial score (nSPS) is 25.7. The number of para-hydroxylation sites is 1. The Bertz CT molecular complexity index is 1190. The highest BCUT2D eigenvalue weighted by atomic mass is 32.2. The van der Waals surface area contributed by atoms with Gasteiger partial charge in [0, 0.05) is 53.3 Å². The summed E-state index contributed by atoms with van der Waals surface area (Å²) in [6.07, 6.45) is 5.31. The Balaban J connectivity index is 1.44. The molecule has 2 unspecified atom stereocenters. The second-order valence-electron chi connectivity index (χ2n) is 9.80. The number of benzene rings is 2. The molecule has 4 aliphatic rings. The van der Waals surface area contributed by atoms with Crippen LogP contribution < -0.4 is 4.90 Å². The molecule has 33 heavy (non-hydrogen) atoms. The lowest BCUT2D eigenvalue weighted by atomic mass is 9.94. The average molecular weight is 464 g/mol. The van der Waals surface area contributed by atoms with Crippen LogP contribution in [0.15, 0.2) is 64.0 Å². The van der Waals surface area contributed by atoms with Crippen molar-refractivity contribution in [3.8, 4) is 0 Å². The number of hydrogen-bond acceptors (Lipinski definition) is 5. The minimum Gasteiger partial charge on any atom is -0.478 e. The number of hydrogen-bond donors (Lipinski definition) is 1. The van der Waals surface area contributed by atoms with Gasteiger partial charge in [0.2, 0.25) is 0 Å². The maximum Gasteiger partial charge on any atom is 0.331 e. The third-order valence-electron chi connectivity index (χ3n) is 7.42. The first kappa shape index (κ1) is 20.9. The maximum absolute atomic E-state index is 15.5. The Morgan fingerprint density at radius 3 is 2.76 bits per heavy atom. The summed E-state index contributed by atoms with van der Waals surface area (Å²) in [5.41, 5.74) is 3.45. The molecule has 1 saturated heterocycles. The van der Waals surface area contributed by atoms with E-state index < -0.39 is 5.97 Å². The zero-order valence-corrected chi connectivity index (χ0v) is 19.3. The number of anilines is 2. The number of aliphatic imine (C=N–C) groups is 1. The van der Waals surface area contributed by atoms with Crippen LogP contribution in [0, 0.1) is 17.2 Å². The summed E-state index contributed by atoms with van der Waals surface area (Å²) in [5, 5.41) is 9.56. The Hall–Kier alpha value is -2.64. The molecule has 0 bridgehead atoms. The van der Waals surface area contributed by atoms with Crippen LogP contribution >= 0.6 is 11.9 Å². The van der Waals surface area contributed by atoms with Crippen molar-refractivity contribution in [3.05, 3.63) is 65.5 Å². The van der Waals surface area contributed by atoms with Crippen LogP contribution in [0.5, 0.6) is 0 Å². The lowest BCUT2D eigenvalue weighted by Crippen LogP contribution is -2.32. The van der Waals surface area contributed by atoms with Crippen LogP contribution in [-0.4, -0.2) is 46.8 Å². The van der Waals surface area contributed by atoms with Gasteiger partial charge in [-0.15, -0.1) is 0 Å². The predicted molar refractivity (Wildman–Crippen MR) is 129 cm³/mol. The smallest absolute Gasteiger partial charge is 0.331 e. The van der Waals surface area contributed by atoms with E-state index in [0.29, 0.717) is 29.3 Å². The molecule has 1 aliphatic carbocycles. The van der Waals surface area contributed by atoms with Crippen molar-refractivity contribution < 1.29 is 14.3 Å². The molecule has 2 aromatic carbocycles. The van der Waals surface area contributed by atoms with E-state index in [4.69, 9.17) is 0 Å². The quantitative estimate of drug-likeness (QED) is 0.627. The number of dihydropyridines is 1. The van der Waals surface area contributed by atoms with E-state index in [9.17, 15) is 9.90 Å². The van der Waals surface area contributed by atoms with Crippen molar-refractivity contribution >= 4 is 35.0 Å². The molecule has 0 amide bonds. The molecule has 6 rings (SSSR count). The van der Waals surface area contributed by atoms with Gasteiger partial charge >= 0.3 is 5.97 Å². The lowest BCUT2D eigenvalue weighted by Gasteiger charge is -2.28. The van der Waals surface area contributed by atoms with Gasteiger partial charge in [-0.25, -0.2) is 13.5 Å². The molecule has 2 fully saturated rings. The summed E-state index contributed by atoms with van der Waals surface area (Å²) in [6.45, 7) is 4.08. The Labute approximate surface area is 197 Å². The Kier molecular flexibility index (Phi) is 4.89. The molecule has 0 aromatic heterocycles. The van der Waals surface area contributed by atoms with Crippen molar-refractivity contribution in [2.24, 2.45) is 16.3 Å². The van der Waals surface area contributed by atoms with E-state index in [1.165, 1.54) is 25.3 Å². The van der Waals surface area contributed by atoms with Gasteiger partial charge in [0.25, 0.3) is 0 Å². The zero-order chi connectivity index (χ0) is 22.7. The van der Waals surface area contributed by atoms with Gasteiger partial charge in [-0.3, -0.25) is 4.99 Å². The minimum atomic E-state index is -0.968. The molecule has 170 valence electrons. The molecule has 2 aromatic rings. The number of carboxylic acid groups (broad SMARTS) is 1. The highest BCUT2D eigenvalue weighted by Crippen LogP contribution is 2.58. The van der Waals surface area contributed by atoms with Crippen LogP contribution in [0.25, 0.3) is 0 Å². The first-order valence-corrected chi connectivity index (χ1v) is 12.3. The summed E-state index contributed by atoms with van der Waals surface area (Å²) < 4.78 is 18.0. The molecular formula is C26H26FN3O2S. The number of carbonyl (C=O) groups is 1. The summed E-state index contributed by atoms with van der Waals surface area (Å²) in [6, 6.07) is 14.1. The van der Waals surface area contributed by atoms with E-state index in [-0.39, 0.29) is 17.3 Å². The largest absolute Gasteiger partial charge is 0.478 e. The SMILES string of the molecule is CC1CN=C(c2cc3c(cc2F)N(c2ccccc2)CC2CC4(CC4)CN2S3)C=C1C(=O)O. The van der Waals surface area contributed by atoms with Gasteiger partial charge in [-0.05, 0) is 67.0 Å². The molecule has 3 heterocycles. The van der Waals surface area contributed by atoms with Crippen molar-refractivity contribution in [1.29, 1.82) is 0 Å². The molecule has 7 heteroatoms. The van der Waals surface area contributed by atoms with Crippen LogP contribution in [0.4, 0.5) is 15.8 Å². The van der Waals surface area contributed by atoms with Crippen molar-refractivity contribution in [2.45, 2.75) is 37.1 Å². The second kappa shape index (κ2) is 7.71. The maximum atomic E-state index is 15.5. The monoisotopic (exact) mass is 463 g/mol. The molecule has 1 spiro atoms. The number of halogens is 1. The number of fused-ring (bicyclic) bond motifs is 2. The van der Waals surface area contributed by atoms with E-state index >= 15 is 4.39 Å². The van der Waals surface area contributed by atoms with Crippen LogP contribution in [0.1, 0.15) is 31.7 Å². The third-order valence-corrected chi connectivity index (χ3v) is 8.61. The molecule has 3 aliphatic heterocycles.